The summed E-state index contributed by atoms with van der Waals surface area (Å²) >= 11 is 0. The molecule has 2 nitrogen and oxygen atoms in total. The predicted octanol–water partition coefficient (Wildman–Crippen LogP) is 2.57. The molecule has 0 radical (unpaired) electrons. The van der Waals surface area contributed by atoms with Crippen LogP contribution in [-0.4, -0.2) is 12.2 Å². The largest absolute Gasteiger partial charge is 0.373 e. The summed E-state index contributed by atoms with van der Waals surface area (Å²) in [7, 11) is 0. The molecule has 86 valence electrons. The van der Waals surface area contributed by atoms with Crippen LogP contribution in [0.15, 0.2) is 24.3 Å². The highest BCUT2D eigenvalue weighted by molar-refractivity contribution is 5.33. The second-order valence-corrected chi connectivity index (χ2v) is 4.99. The van der Waals surface area contributed by atoms with Crippen molar-refractivity contribution in [1.82, 2.24) is 0 Å². The number of rotatable bonds is 2. The Balaban J connectivity index is 1.75. The zero-order valence-electron chi connectivity index (χ0n) is 9.56. The van der Waals surface area contributed by atoms with Crippen LogP contribution in [0.1, 0.15) is 42.9 Å². The molecule has 2 N–H and O–H groups in total. The van der Waals surface area contributed by atoms with E-state index in [2.05, 4.69) is 24.3 Å². The lowest BCUT2D eigenvalue weighted by Gasteiger charge is -2.36. The monoisotopic (exact) mass is 217 g/mol. The van der Waals surface area contributed by atoms with Gasteiger partial charge in [-0.1, -0.05) is 24.3 Å². The van der Waals surface area contributed by atoms with Crippen molar-refractivity contribution in [3.8, 4) is 0 Å². The van der Waals surface area contributed by atoms with Crippen molar-refractivity contribution in [2.24, 2.45) is 5.73 Å². The van der Waals surface area contributed by atoms with Crippen molar-refractivity contribution < 1.29 is 4.74 Å². The molecule has 2 heteroatoms. The maximum absolute atomic E-state index is 6.29. The molecule has 0 aliphatic heterocycles. The van der Waals surface area contributed by atoms with E-state index < -0.39 is 0 Å². The van der Waals surface area contributed by atoms with E-state index in [9.17, 15) is 0 Å². The Morgan fingerprint density at radius 3 is 2.69 bits per heavy atom. The van der Waals surface area contributed by atoms with Gasteiger partial charge in [-0.2, -0.15) is 0 Å². The minimum absolute atomic E-state index is 0.0746. The lowest BCUT2D eigenvalue weighted by Crippen LogP contribution is -2.38. The summed E-state index contributed by atoms with van der Waals surface area (Å²) in [6.45, 7) is 0. The Labute approximate surface area is 96.8 Å². The molecule has 2 aliphatic rings. The Morgan fingerprint density at radius 1 is 1.12 bits per heavy atom. The molecule has 1 fully saturated rings. The van der Waals surface area contributed by atoms with Gasteiger partial charge in [-0.05, 0) is 43.2 Å². The number of nitrogens with two attached hydrogens (primary N) is 1. The van der Waals surface area contributed by atoms with E-state index >= 15 is 0 Å². The molecule has 1 saturated carbocycles. The number of hydrogen-bond donors (Lipinski definition) is 1. The number of aryl methyl sites for hydroxylation is 1. The molecule has 0 saturated heterocycles. The minimum Gasteiger partial charge on any atom is -0.373 e. The first kappa shape index (κ1) is 10.3. The average molecular weight is 217 g/mol. The highest BCUT2D eigenvalue weighted by Gasteiger charge is 2.30. The fourth-order valence-electron chi connectivity index (χ4n) is 2.67. The first-order chi connectivity index (χ1) is 7.84. The molecule has 3 rings (SSSR count). The van der Waals surface area contributed by atoms with E-state index in [4.69, 9.17) is 10.5 Å². The lowest BCUT2D eigenvalue weighted by molar-refractivity contribution is -0.0673. The van der Waals surface area contributed by atoms with Gasteiger partial charge < -0.3 is 10.5 Å². The average Bonchev–Trinajstić information content (AvgIpc) is 2.26. The van der Waals surface area contributed by atoms with Crippen LogP contribution in [0.4, 0.5) is 0 Å². The molecule has 0 amide bonds. The van der Waals surface area contributed by atoms with E-state index in [1.165, 1.54) is 30.4 Å². The van der Waals surface area contributed by atoms with Crippen molar-refractivity contribution in [3.63, 3.8) is 0 Å². The van der Waals surface area contributed by atoms with Gasteiger partial charge in [-0.25, -0.2) is 0 Å². The zero-order valence-corrected chi connectivity index (χ0v) is 9.56. The van der Waals surface area contributed by atoms with Crippen molar-refractivity contribution in [1.29, 1.82) is 0 Å². The first-order valence-corrected chi connectivity index (χ1v) is 6.33. The van der Waals surface area contributed by atoms with E-state index in [1.807, 2.05) is 0 Å². The number of fused-ring (bicyclic) bond motifs is 1. The van der Waals surface area contributed by atoms with Crippen LogP contribution in [0, 0.1) is 0 Å². The summed E-state index contributed by atoms with van der Waals surface area (Å²) in [5, 5.41) is 0. The second-order valence-electron chi connectivity index (χ2n) is 4.99. The Hall–Kier alpha value is -0.860. The molecule has 2 aliphatic carbocycles. The van der Waals surface area contributed by atoms with Crippen molar-refractivity contribution in [2.75, 3.05) is 0 Å². The number of benzene rings is 1. The van der Waals surface area contributed by atoms with Crippen LogP contribution >= 0.6 is 0 Å². The first-order valence-electron chi connectivity index (χ1n) is 6.33. The summed E-state index contributed by atoms with van der Waals surface area (Å²) in [6.07, 6.45) is 6.69. The van der Waals surface area contributed by atoms with Crippen LogP contribution in [0.3, 0.4) is 0 Å². The predicted molar refractivity (Wildman–Crippen MR) is 64.2 cm³/mol. The van der Waals surface area contributed by atoms with Gasteiger partial charge in [0.15, 0.2) is 0 Å². The van der Waals surface area contributed by atoms with Crippen molar-refractivity contribution >= 4 is 0 Å². The fraction of sp³-hybridized carbons (Fsp3) is 0.571. The third-order valence-corrected chi connectivity index (χ3v) is 3.93. The topological polar surface area (TPSA) is 35.2 Å². The van der Waals surface area contributed by atoms with E-state index in [1.54, 1.807) is 0 Å². The van der Waals surface area contributed by atoms with Gasteiger partial charge in [0.25, 0.3) is 0 Å². The van der Waals surface area contributed by atoms with Gasteiger partial charge in [0.2, 0.25) is 0 Å². The van der Waals surface area contributed by atoms with Gasteiger partial charge >= 0.3 is 0 Å². The summed E-state index contributed by atoms with van der Waals surface area (Å²) < 4.78 is 6.07. The molecule has 1 aromatic carbocycles. The number of hydrogen-bond acceptors (Lipinski definition) is 2. The van der Waals surface area contributed by atoms with Gasteiger partial charge in [0.1, 0.15) is 0 Å². The molecule has 16 heavy (non-hydrogen) atoms. The summed E-state index contributed by atoms with van der Waals surface area (Å²) in [4.78, 5) is 0. The zero-order chi connectivity index (χ0) is 11.0. The molecule has 0 aromatic heterocycles. The van der Waals surface area contributed by atoms with Crippen molar-refractivity contribution in [2.45, 2.75) is 50.4 Å². The molecule has 0 bridgehead atoms. The van der Waals surface area contributed by atoms with E-state index in [0.29, 0.717) is 6.10 Å². The fourth-order valence-corrected chi connectivity index (χ4v) is 2.67. The Morgan fingerprint density at radius 2 is 1.94 bits per heavy atom. The summed E-state index contributed by atoms with van der Waals surface area (Å²) in [5.74, 6) is 0. The third-order valence-electron chi connectivity index (χ3n) is 3.93. The lowest BCUT2D eigenvalue weighted by atomic mass is 9.85. The second kappa shape index (κ2) is 4.19. The molecular weight excluding hydrogens is 198 g/mol. The maximum Gasteiger partial charge on any atom is 0.0774 e. The standard InChI is InChI=1S/C14H19NO/c15-14-12-7-2-1-4-10(12)8-9-13(14)16-11-5-3-6-11/h1-2,4,7,11,13-14H,3,5-6,8-9,15H2. The molecule has 0 heterocycles. The normalized spacial score (nSPS) is 29.6. The minimum atomic E-state index is 0.0746. The quantitative estimate of drug-likeness (QED) is 0.826. The molecule has 0 spiro atoms. The molecule has 2 unspecified atom stereocenters. The Bertz CT molecular complexity index is 373. The van der Waals surface area contributed by atoms with Crippen LogP contribution in [-0.2, 0) is 11.2 Å². The van der Waals surface area contributed by atoms with Gasteiger partial charge in [0, 0.05) is 0 Å². The third kappa shape index (κ3) is 1.76. The van der Waals surface area contributed by atoms with Crippen LogP contribution in [0.25, 0.3) is 0 Å². The van der Waals surface area contributed by atoms with Gasteiger partial charge in [-0.3, -0.25) is 0 Å². The highest BCUT2D eigenvalue weighted by atomic mass is 16.5. The SMILES string of the molecule is NC1c2ccccc2CCC1OC1CCC1. The van der Waals surface area contributed by atoms with Crippen molar-refractivity contribution in [3.05, 3.63) is 35.4 Å². The van der Waals surface area contributed by atoms with E-state index in [0.717, 1.165) is 12.8 Å². The van der Waals surface area contributed by atoms with Gasteiger partial charge in [0.05, 0.1) is 18.2 Å². The number of ether oxygens (including phenoxy) is 1. The molecule has 2 atom stereocenters. The highest BCUT2D eigenvalue weighted by Crippen LogP contribution is 2.33. The van der Waals surface area contributed by atoms with E-state index in [-0.39, 0.29) is 12.1 Å². The van der Waals surface area contributed by atoms with Crippen LogP contribution < -0.4 is 5.73 Å². The smallest absolute Gasteiger partial charge is 0.0774 e. The molecular formula is C14H19NO. The Kier molecular flexibility index (Phi) is 2.70. The summed E-state index contributed by atoms with van der Waals surface area (Å²) in [6, 6.07) is 8.58. The molecule has 1 aromatic rings. The van der Waals surface area contributed by atoms with Crippen LogP contribution in [0.2, 0.25) is 0 Å². The van der Waals surface area contributed by atoms with Gasteiger partial charge in [-0.15, -0.1) is 0 Å². The van der Waals surface area contributed by atoms with Crippen LogP contribution in [0.5, 0.6) is 0 Å². The summed E-state index contributed by atoms with van der Waals surface area (Å²) in [5.41, 5.74) is 8.99. The maximum atomic E-state index is 6.29.